The Morgan fingerprint density at radius 1 is 0.398 bits per heavy atom. The number of halogens is 1. The second-order valence-electron chi connectivity index (χ2n) is 19.1. The lowest BCUT2D eigenvalue weighted by atomic mass is 9.88. The molecule has 0 amide bonds. The van der Waals surface area contributed by atoms with Crippen LogP contribution in [0.25, 0.3) is 0 Å². The fourth-order valence-corrected chi connectivity index (χ4v) is 9.49. The predicted molar refractivity (Wildman–Crippen MR) is 355 cm³/mol. The maximum Gasteiger partial charge on any atom is 0.306 e. The summed E-state index contributed by atoms with van der Waals surface area (Å²) >= 11 is 3.44. The fourth-order valence-electron chi connectivity index (χ4n) is 8.57. The minimum Gasteiger partial charge on any atom is -0.508 e. The zero-order valence-corrected chi connectivity index (χ0v) is 50.4. The van der Waals surface area contributed by atoms with E-state index in [4.69, 9.17) is 18.9 Å². The van der Waals surface area contributed by atoms with Crippen LogP contribution in [-0.4, -0.2) is 85.1 Å². The molecule has 0 spiro atoms. The normalized spacial score (nSPS) is 11.0. The van der Waals surface area contributed by atoms with Crippen LogP contribution in [0, 0.1) is 17.8 Å². The van der Waals surface area contributed by atoms with Gasteiger partial charge in [-0.25, -0.2) is 0 Å². The molecule has 0 aromatic heterocycles. The Morgan fingerprint density at radius 2 is 0.663 bits per heavy atom. The van der Waals surface area contributed by atoms with Gasteiger partial charge in [-0.1, -0.05) is 246 Å². The number of alkyl halides is 1. The monoisotopic (exact) mass is 1200 g/mol. The molecule has 0 saturated heterocycles. The number of rotatable bonds is 27. The van der Waals surface area contributed by atoms with Crippen LogP contribution in [0.5, 0.6) is 17.2 Å². The largest absolute Gasteiger partial charge is 0.508 e. The predicted octanol–water partition coefficient (Wildman–Crippen LogP) is 17.8. The summed E-state index contributed by atoms with van der Waals surface area (Å²) in [5.74, 6) is 2.62. The molecule has 0 aliphatic heterocycles. The lowest BCUT2D eigenvalue weighted by molar-refractivity contribution is -0.144. The van der Waals surface area contributed by atoms with Gasteiger partial charge >= 0.3 is 17.9 Å². The van der Waals surface area contributed by atoms with Crippen LogP contribution < -0.4 is 9.47 Å². The van der Waals surface area contributed by atoms with Crippen molar-refractivity contribution in [3.8, 4) is 17.2 Å². The first kappa shape index (κ1) is 83.3. The highest BCUT2D eigenvalue weighted by molar-refractivity contribution is 9.09. The maximum absolute atomic E-state index is 12.1. The number of esters is 2. The van der Waals surface area contributed by atoms with Crippen LogP contribution in [0.15, 0.2) is 164 Å². The molecule has 9 radical (unpaired) electrons. The van der Waals surface area contributed by atoms with Crippen molar-refractivity contribution < 1.29 is 43.5 Å². The average Bonchev–Trinajstić information content (AvgIpc) is 3.48. The van der Waals surface area contributed by atoms with Crippen molar-refractivity contribution in [2.45, 2.75) is 153 Å². The van der Waals surface area contributed by atoms with Crippen LogP contribution in [-0.2, 0) is 23.9 Å². The van der Waals surface area contributed by atoms with E-state index in [1.807, 2.05) is 134 Å². The summed E-state index contributed by atoms with van der Waals surface area (Å²) in [4.78, 5) is 35.1. The zero-order chi connectivity index (χ0) is 56.2. The number of aliphatic carboxylic acids is 1. The van der Waals surface area contributed by atoms with E-state index in [1.54, 1.807) is 19.1 Å². The molecule has 83 heavy (non-hydrogen) atoms. The summed E-state index contributed by atoms with van der Waals surface area (Å²) in [5.41, 5.74) is 6.28. The topological polar surface area (TPSA) is 129 Å². The molecule has 0 heterocycles. The Bertz CT molecular complexity index is 2470. The number of hydrogen-bond donors (Lipinski definition) is 2. The van der Waals surface area contributed by atoms with E-state index in [9.17, 15) is 24.6 Å². The van der Waals surface area contributed by atoms with Gasteiger partial charge in [-0.3, -0.25) is 14.4 Å². The van der Waals surface area contributed by atoms with E-state index in [0.717, 1.165) is 89.7 Å². The van der Waals surface area contributed by atoms with Gasteiger partial charge in [0.05, 0.1) is 45.7 Å². The van der Waals surface area contributed by atoms with Crippen LogP contribution >= 0.6 is 15.9 Å². The van der Waals surface area contributed by atoms with Crippen LogP contribution in [0.2, 0.25) is 0 Å². The van der Waals surface area contributed by atoms with E-state index in [0.29, 0.717) is 37.9 Å². The van der Waals surface area contributed by atoms with E-state index in [2.05, 4.69) is 81.7 Å². The van der Waals surface area contributed by atoms with E-state index in [-0.39, 0.29) is 89.4 Å². The molecule has 6 rings (SSSR count). The Balaban J connectivity index is -0.000000517. The second-order valence-corrected chi connectivity index (χ2v) is 19.7. The van der Waals surface area contributed by atoms with Crippen molar-refractivity contribution in [1.82, 2.24) is 0 Å². The highest BCUT2D eigenvalue weighted by Crippen LogP contribution is 2.32. The number of phenols is 1. The van der Waals surface area contributed by atoms with Crippen molar-refractivity contribution in [2.24, 2.45) is 17.8 Å². The molecule has 3 unspecified atom stereocenters. The zero-order valence-electron chi connectivity index (χ0n) is 48.8. The lowest BCUT2D eigenvalue weighted by Gasteiger charge is -2.18. The van der Waals surface area contributed by atoms with Crippen molar-refractivity contribution in [3.63, 3.8) is 0 Å². The lowest BCUT2D eigenvalue weighted by Crippen LogP contribution is -2.12. The number of ether oxygens (including phenoxy) is 4. The third kappa shape index (κ3) is 31.9. The standard InChI is InChI=1S/C23H30O3.C21H26O3.C17H18O3.C6H13Br.3CH4.3B/c1-4-18(5-2)17-26-21-14-12-20(13-15-21)22(16-23(24)25-6-3)19-10-8-7-9-11-19;1-3-16(4-2)15-24-19-12-10-18(11-13-19)20(14-21(22)23)17-8-6-5-7-9-17;1-2-20-17(19)12-16(13-6-4-3-5-7-13)14-8-10-15(18)11-9-14;1-3-6(4-2)5-7;;;;;;/h7-15,18,22H,4-6,16-17H2,1-3H3;5-13,16,20H,3-4,14-15H2,1-2H3,(H,22,23);3-11,16,18H,2,12H2,1H3;6H,3-5H2,1-2H3;3*1H4;;;. The molecule has 9 nitrogen and oxygen atoms in total. The minimum atomic E-state index is -0.794. The maximum atomic E-state index is 12.1. The molecule has 3 atom stereocenters. The van der Waals surface area contributed by atoms with Crippen molar-refractivity contribution in [3.05, 3.63) is 197 Å². The number of benzene rings is 6. The van der Waals surface area contributed by atoms with Gasteiger partial charge in [0.1, 0.15) is 17.2 Å². The summed E-state index contributed by atoms with van der Waals surface area (Å²) in [5, 5.41) is 19.8. The molecule has 6 aromatic rings. The molecule has 0 fully saturated rings. The molecule has 6 aromatic carbocycles. The molecule has 0 bridgehead atoms. The van der Waals surface area contributed by atoms with Crippen molar-refractivity contribution >= 4 is 59.1 Å². The van der Waals surface area contributed by atoms with Gasteiger partial charge in [0, 0.05) is 48.3 Å². The summed E-state index contributed by atoms with van der Waals surface area (Å²) < 4.78 is 22.0. The van der Waals surface area contributed by atoms with E-state index in [1.165, 1.54) is 18.2 Å². The molecule has 13 heteroatoms. The number of carbonyl (C=O) groups is 3. The Kier molecular flexibility index (Phi) is 49.4. The molecule has 0 aliphatic carbocycles. The number of carbonyl (C=O) groups excluding carboxylic acids is 2. The Labute approximate surface area is 517 Å². The first-order valence-corrected chi connectivity index (χ1v) is 29.0. The van der Waals surface area contributed by atoms with Gasteiger partial charge in [0.25, 0.3) is 0 Å². The summed E-state index contributed by atoms with van der Waals surface area (Å²) in [6.07, 6.45) is 7.82. The van der Waals surface area contributed by atoms with Gasteiger partial charge < -0.3 is 29.2 Å². The van der Waals surface area contributed by atoms with Crippen molar-refractivity contribution in [1.29, 1.82) is 0 Å². The summed E-state index contributed by atoms with van der Waals surface area (Å²) in [6, 6.07) is 52.6. The quantitative estimate of drug-likeness (QED) is 0.0294. The number of carboxylic acid groups (broad SMARTS) is 1. The first-order chi connectivity index (χ1) is 37.4. The van der Waals surface area contributed by atoms with Crippen LogP contribution in [0.1, 0.15) is 187 Å². The molecular formula is C70H99B3BrO9. The number of phenolic OH excluding ortho intramolecular Hbond substituents is 1. The SMILES string of the molecule is C.C.C.CCC(CC)CBr.CCC(CC)COc1ccc(C(CC(=O)O)c2ccccc2)cc1.CCOC(=O)CC(c1ccccc1)c1ccc(O)cc1.CCOC(=O)CC(c1ccccc1)c1ccc(OCC(CC)CC)cc1.[B].[B].[B]. The number of carboxylic acids is 1. The van der Waals surface area contributed by atoms with E-state index < -0.39 is 5.97 Å². The molecule has 0 aliphatic rings. The summed E-state index contributed by atoms with van der Waals surface area (Å²) in [6.45, 7) is 19.1. The Morgan fingerprint density at radius 3 is 0.904 bits per heavy atom. The first-order valence-electron chi connectivity index (χ1n) is 27.8. The smallest absolute Gasteiger partial charge is 0.306 e. The Hall–Kier alpha value is -6.20. The number of aromatic hydroxyl groups is 1. The highest BCUT2D eigenvalue weighted by atomic mass is 79.9. The molecule has 449 valence electrons. The third-order valence-corrected chi connectivity index (χ3v) is 14.8. The van der Waals surface area contributed by atoms with Gasteiger partial charge in [0.15, 0.2) is 0 Å². The minimum absolute atomic E-state index is 0. The highest BCUT2D eigenvalue weighted by Gasteiger charge is 2.21. The third-order valence-electron chi connectivity index (χ3n) is 13.9. The van der Waals surface area contributed by atoms with Crippen LogP contribution in [0.4, 0.5) is 0 Å². The van der Waals surface area contributed by atoms with Gasteiger partial charge in [-0.05, 0) is 101 Å². The fraction of sp³-hybridized carbons (Fsp3) is 0.443. The molecule has 2 N–H and O–H groups in total. The van der Waals surface area contributed by atoms with Crippen LogP contribution in [0.3, 0.4) is 0 Å². The van der Waals surface area contributed by atoms with Crippen molar-refractivity contribution in [2.75, 3.05) is 31.8 Å². The summed E-state index contributed by atoms with van der Waals surface area (Å²) in [7, 11) is 0. The molecule has 0 saturated carbocycles. The van der Waals surface area contributed by atoms with Gasteiger partial charge in [-0.2, -0.15) is 0 Å². The average molecular weight is 1200 g/mol. The van der Waals surface area contributed by atoms with Gasteiger partial charge in [0.2, 0.25) is 0 Å². The van der Waals surface area contributed by atoms with Gasteiger partial charge in [-0.15, -0.1) is 0 Å². The van der Waals surface area contributed by atoms with E-state index >= 15 is 0 Å². The number of hydrogen-bond acceptors (Lipinski definition) is 8. The molecular weight excluding hydrogens is 1100 g/mol. The second kappa shape index (κ2) is 49.3.